The Morgan fingerprint density at radius 3 is 2.26 bits per heavy atom. The van der Waals surface area contributed by atoms with Gasteiger partial charge in [0.1, 0.15) is 5.82 Å². The summed E-state index contributed by atoms with van der Waals surface area (Å²) in [7, 11) is 0. The van der Waals surface area contributed by atoms with Crippen molar-refractivity contribution in [1.82, 2.24) is 4.98 Å². The average molecular weight is 267 g/mol. The lowest BCUT2D eigenvalue weighted by Crippen LogP contribution is -2.20. The lowest BCUT2D eigenvalue weighted by atomic mass is 10.3. The van der Waals surface area contributed by atoms with E-state index in [2.05, 4.69) is 15.6 Å². The molecule has 0 radical (unpaired) electrons. The van der Waals surface area contributed by atoms with E-state index in [1.807, 2.05) is 0 Å². The van der Waals surface area contributed by atoms with Crippen LogP contribution in [0, 0.1) is 17.5 Å². The molecule has 0 saturated carbocycles. The summed E-state index contributed by atoms with van der Waals surface area (Å²) in [5.41, 5.74) is -0.0269. The zero-order valence-electron chi connectivity index (χ0n) is 9.45. The van der Waals surface area contributed by atoms with Crippen LogP contribution in [0.3, 0.4) is 0 Å². The van der Waals surface area contributed by atoms with Crippen LogP contribution in [0.15, 0.2) is 36.7 Å². The van der Waals surface area contributed by atoms with Gasteiger partial charge in [-0.2, -0.15) is 0 Å². The highest BCUT2D eigenvalue weighted by molar-refractivity contribution is 5.99. The molecule has 7 heteroatoms. The molecule has 0 aliphatic heterocycles. The van der Waals surface area contributed by atoms with Gasteiger partial charge in [0.25, 0.3) is 0 Å². The molecule has 0 atom stereocenters. The first-order valence-electron chi connectivity index (χ1n) is 5.19. The number of carbonyl (C=O) groups excluding carboxylic acids is 1. The third kappa shape index (κ3) is 3.21. The second-order valence-electron chi connectivity index (χ2n) is 3.56. The van der Waals surface area contributed by atoms with E-state index in [9.17, 15) is 18.0 Å². The number of hydrogen-bond acceptors (Lipinski definition) is 2. The largest absolute Gasteiger partial charge is 0.323 e. The SMILES string of the molecule is O=C(Nc1ccncc1)Nc1cc(F)c(F)cc1F. The average Bonchev–Trinajstić information content (AvgIpc) is 2.37. The molecule has 0 aliphatic rings. The van der Waals surface area contributed by atoms with Gasteiger partial charge in [-0.3, -0.25) is 4.98 Å². The van der Waals surface area contributed by atoms with E-state index in [0.717, 1.165) is 0 Å². The molecule has 2 N–H and O–H groups in total. The molecule has 0 saturated heterocycles. The van der Waals surface area contributed by atoms with Gasteiger partial charge in [-0.25, -0.2) is 18.0 Å². The van der Waals surface area contributed by atoms with Crippen LogP contribution >= 0.6 is 0 Å². The quantitative estimate of drug-likeness (QED) is 0.821. The Labute approximate surface area is 106 Å². The van der Waals surface area contributed by atoms with Gasteiger partial charge >= 0.3 is 6.03 Å². The topological polar surface area (TPSA) is 54.0 Å². The Morgan fingerprint density at radius 1 is 0.947 bits per heavy atom. The minimum atomic E-state index is -1.32. The van der Waals surface area contributed by atoms with Gasteiger partial charge in [-0.05, 0) is 12.1 Å². The van der Waals surface area contributed by atoms with Gasteiger partial charge in [-0.15, -0.1) is 0 Å². The zero-order chi connectivity index (χ0) is 13.8. The Hall–Kier alpha value is -2.57. The molecule has 0 aliphatic carbocycles. The van der Waals surface area contributed by atoms with Crippen molar-refractivity contribution < 1.29 is 18.0 Å². The van der Waals surface area contributed by atoms with Gasteiger partial charge in [-0.1, -0.05) is 0 Å². The van der Waals surface area contributed by atoms with E-state index in [-0.39, 0.29) is 0 Å². The van der Waals surface area contributed by atoms with E-state index in [1.165, 1.54) is 24.5 Å². The fourth-order valence-corrected chi connectivity index (χ4v) is 1.34. The number of anilines is 2. The standard InChI is InChI=1S/C12H8F3N3O/c13-8-5-10(15)11(6-9(8)14)18-12(19)17-7-1-3-16-4-2-7/h1-6H,(H2,16,17,18,19). The Bertz CT molecular complexity index is 605. The van der Waals surface area contributed by atoms with Gasteiger partial charge in [0.05, 0.1) is 5.69 Å². The molecule has 0 unspecified atom stereocenters. The summed E-state index contributed by atoms with van der Waals surface area (Å²) in [6.07, 6.45) is 2.90. The van der Waals surface area contributed by atoms with Gasteiger partial charge in [0.15, 0.2) is 11.6 Å². The van der Waals surface area contributed by atoms with Crippen LogP contribution in [0.1, 0.15) is 0 Å². The third-order valence-electron chi connectivity index (χ3n) is 2.20. The Balaban J connectivity index is 2.09. The van der Waals surface area contributed by atoms with Crippen LogP contribution in [0.4, 0.5) is 29.3 Å². The van der Waals surface area contributed by atoms with Crippen molar-refractivity contribution >= 4 is 17.4 Å². The maximum atomic E-state index is 13.3. The first-order valence-corrected chi connectivity index (χ1v) is 5.19. The first kappa shape index (κ1) is 12.9. The predicted molar refractivity (Wildman–Crippen MR) is 63.2 cm³/mol. The molecule has 1 heterocycles. The molecule has 2 aromatic rings. The summed E-state index contributed by atoms with van der Waals surface area (Å²) in [6, 6.07) is 3.17. The van der Waals surface area contributed by atoms with Crippen molar-refractivity contribution in [3.05, 3.63) is 54.1 Å². The molecule has 2 amide bonds. The summed E-state index contributed by atoms with van der Waals surface area (Å²) in [6.45, 7) is 0. The molecule has 1 aromatic heterocycles. The number of rotatable bonds is 2. The van der Waals surface area contributed by atoms with Crippen LogP contribution in [0.5, 0.6) is 0 Å². The van der Waals surface area contributed by atoms with E-state index < -0.39 is 29.2 Å². The molecule has 0 spiro atoms. The summed E-state index contributed by atoms with van der Waals surface area (Å²) in [4.78, 5) is 15.3. The molecule has 19 heavy (non-hydrogen) atoms. The van der Waals surface area contributed by atoms with Crippen molar-refractivity contribution in [2.75, 3.05) is 10.6 Å². The first-order chi connectivity index (χ1) is 9.06. The van der Waals surface area contributed by atoms with Gasteiger partial charge in [0, 0.05) is 30.2 Å². The van der Waals surface area contributed by atoms with E-state index >= 15 is 0 Å². The fraction of sp³-hybridized carbons (Fsp3) is 0. The van der Waals surface area contributed by atoms with Crippen LogP contribution in [-0.4, -0.2) is 11.0 Å². The van der Waals surface area contributed by atoms with E-state index in [0.29, 0.717) is 17.8 Å². The highest BCUT2D eigenvalue weighted by Gasteiger charge is 2.12. The lowest BCUT2D eigenvalue weighted by molar-refractivity contribution is 0.262. The summed E-state index contributed by atoms with van der Waals surface area (Å²) >= 11 is 0. The maximum Gasteiger partial charge on any atom is 0.323 e. The van der Waals surface area contributed by atoms with Gasteiger partial charge < -0.3 is 10.6 Å². The zero-order valence-corrected chi connectivity index (χ0v) is 9.45. The highest BCUT2D eigenvalue weighted by atomic mass is 19.2. The monoisotopic (exact) mass is 267 g/mol. The van der Waals surface area contributed by atoms with Crippen LogP contribution in [-0.2, 0) is 0 Å². The van der Waals surface area contributed by atoms with Crippen molar-refractivity contribution in [1.29, 1.82) is 0 Å². The van der Waals surface area contributed by atoms with Crippen molar-refractivity contribution in [2.24, 2.45) is 0 Å². The highest BCUT2D eigenvalue weighted by Crippen LogP contribution is 2.18. The van der Waals surface area contributed by atoms with Crippen molar-refractivity contribution in [2.45, 2.75) is 0 Å². The van der Waals surface area contributed by atoms with Crippen LogP contribution in [0.2, 0.25) is 0 Å². The number of carbonyl (C=O) groups is 1. The molecule has 2 rings (SSSR count). The van der Waals surface area contributed by atoms with E-state index in [1.54, 1.807) is 0 Å². The molecule has 0 fully saturated rings. The second kappa shape index (κ2) is 5.38. The molecule has 98 valence electrons. The fourth-order valence-electron chi connectivity index (χ4n) is 1.34. The predicted octanol–water partition coefficient (Wildman–Crippen LogP) is 3.14. The number of nitrogens with one attached hydrogen (secondary N) is 2. The molecule has 4 nitrogen and oxygen atoms in total. The van der Waals surface area contributed by atoms with Crippen LogP contribution < -0.4 is 10.6 Å². The minimum Gasteiger partial charge on any atom is -0.308 e. The number of benzene rings is 1. The van der Waals surface area contributed by atoms with Gasteiger partial charge in [0.2, 0.25) is 0 Å². The molecule has 1 aromatic carbocycles. The Morgan fingerprint density at radius 2 is 1.58 bits per heavy atom. The summed E-state index contributed by atoms with van der Waals surface area (Å²) in [5.74, 6) is -3.64. The second-order valence-corrected chi connectivity index (χ2v) is 3.56. The molecular weight excluding hydrogens is 259 g/mol. The summed E-state index contributed by atoms with van der Waals surface area (Å²) < 4.78 is 38.9. The smallest absolute Gasteiger partial charge is 0.308 e. The third-order valence-corrected chi connectivity index (χ3v) is 2.20. The number of nitrogens with zero attached hydrogens (tertiary/aromatic N) is 1. The number of urea groups is 1. The normalized spacial score (nSPS) is 10.1. The number of amides is 2. The van der Waals surface area contributed by atoms with E-state index in [4.69, 9.17) is 0 Å². The Kier molecular flexibility index (Phi) is 3.65. The number of hydrogen-bond donors (Lipinski definition) is 2. The number of halogens is 3. The van der Waals surface area contributed by atoms with Crippen molar-refractivity contribution in [3.8, 4) is 0 Å². The maximum absolute atomic E-state index is 13.3. The number of pyridine rings is 1. The lowest BCUT2D eigenvalue weighted by Gasteiger charge is -2.08. The van der Waals surface area contributed by atoms with Crippen LogP contribution in [0.25, 0.3) is 0 Å². The minimum absolute atomic E-state index is 0.359. The number of aromatic nitrogens is 1. The molecular formula is C12H8F3N3O. The van der Waals surface area contributed by atoms with Crippen molar-refractivity contribution in [3.63, 3.8) is 0 Å². The summed E-state index contributed by atoms with van der Waals surface area (Å²) in [5, 5.41) is 4.45. The molecule has 0 bridgehead atoms.